The molecule has 8 nitrogen and oxygen atoms in total. The van der Waals surface area contributed by atoms with E-state index in [1.807, 2.05) is 29.3 Å². The van der Waals surface area contributed by atoms with Gasteiger partial charge in [0.15, 0.2) is 0 Å². The van der Waals surface area contributed by atoms with Gasteiger partial charge in [-0.1, -0.05) is 29.8 Å². The van der Waals surface area contributed by atoms with Gasteiger partial charge in [-0.15, -0.1) is 0 Å². The Bertz CT molecular complexity index is 1120. The van der Waals surface area contributed by atoms with E-state index in [2.05, 4.69) is 16.0 Å². The van der Waals surface area contributed by atoms with E-state index in [9.17, 15) is 14.9 Å². The molecule has 0 atom stereocenters. The van der Waals surface area contributed by atoms with Gasteiger partial charge in [0.25, 0.3) is 11.6 Å². The molecule has 0 radical (unpaired) electrons. The number of rotatable bonds is 7. The van der Waals surface area contributed by atoms with E-state index in [0.717, 1.165) is 25.2 Å². The third kappa shape index (κ3) is 5.85. The molecule has 0 N–H and O–H groups in total. The molecule has 2 heterocycles. The Balaban J connectivity index is 1.28. The summed E-state index contributed by atoms with van der Waals surface area (Å²) in [5.74, 6) is 0.383. The second-order valence-corrected chi connectivity index (χ2v) is 8.19. The molecular weight excluding hydrogens is 444 g/mol. The number of nitrogens with zero attached hydrogens (tertiary/aromatic N) is 4. The standard InChI is InChI=1S/C24H23ClN4O4/c25-22-14-21(29(31)32)7-8-23(22)33-17-18-3-5-20(6-4-18)24(30)28-12-10-27(11-13-28)16-19-2-1-9-26-15-19/h1-9,14-15H,10-13,16-17H2. The first-order chi connectivity index (χ1) is 16.0. The molecule has 1 aromatic heterocycles. The lowest BCUT2D eigenvalue weighted by molar-refractivity contribution is -0.384. The van der Waals surface area contributed by atoms with Crippen LogP contribution in [0.25, 0.3) is 0 Å². The van der Waals surface area contributed by atoms with Gasteiger partial charge >= 0.3 is 0 Å². The number of carbonyl (C=O) groups excluding carboxylic acids is 1. The van der Waals surface area contributed by atoms with Gasteiger partial charge in [0.05, 0.1) is 9.95 Å². The molecule has 4 rings (SSSR count). The number of hydrogen-bond acceptors (Lipinski definition) is 6. The Morgan fingerprint density at radius 3 is 2.45 bits per heavy atom. The van der Waals surface area contributed by atoms with E-state index in [0.29, 0.717) is 24.4 Å². The summed E-state index contributed by atoms with van der Waals surface area (Å²) in [5.41, 5.74) is 2.58. The topological polar surface area (TPSA) is 88.8 Å². The molecule has 1 fully saturated rings. The summed E-state index contributed by atoms with van der Waals surface area (Å²) in [6.45, 7) is 4.08. The molecule has 33 heavy (non-hydrogen) atoms. The van der Waals surface area contributed by atoms with E-state index < -0.39 is 4.92 Å². The molecule has 0 spiro atoms. The number of pyridine rings is 1. The zero-order valence-corrected chi connectivity index (χ0v) is 18.6. The lowest BCUT2D eigenvalue weighted by atomic mass is 10.1. The number of nitro benzene ring substituents is 1. The fraction of sp³-hybridized carbons (Fsp3) is 0.250. The maximum atomic E-state index is 12.9. The minimum atomic E-state index is -0.508. The largest absolute Gasteiger partial charge is 0.487 e. The van der Waals surface area contributed by atoms with E-state index in [1.165, 1.54) is 23.8 Å². The maximum Gasteiger partial charge on any atom is 0.271 e. The molecule has 2 aromatic carbocycles. The molecule has 1 saturated heterocycles. The van der Waals surface area contributed by atoms with E-state index in [4.69, 9.17) is 16.3 Å². The van der Waals surface area contributed by atoms with Crippen LogP contribution in [0.2, 0.25) is 5.02 Å². The Morgan fingerprint density at radius 2 is 1.82 bits per heavy atom. The predicted octanol–water partition coefficient (Wildman–Crippen LogP) is 4.18. The van der Waals surface area contributed by atoms with Crippen molar-refractivity contribution < 1.29 is 14.5 Å². The summed E-state index contributed by atoms with van der Waals surface area (Å²) in [7, 11) is 0. The second kappa shape index (κ2) is 10.4. The second-order valence-electron chi connectivity index (χ2n) is 7.79. The van der Waals surface area contributed by atoms with Gasteiger partial charge in [-0.05, 0) is 35.4 Å². The normalized spacial score (nSPS) is 14.2. The molecule has 3 aromatic rings. The van der Waals surface area contributed by atoms with E-state index >= 15 is 0 Å². The molecule has 1 amide bonds. The van der Waals surface area contributed by atoms with Gasteiger partial charge < -0.3 is 9.64 Å². The third-order valence-electron chi connectivity index (χ3n) is 5.51. The maximum absolute atomic E-state index is 12.9. The van der Waals surface area contributed by atoms with Crippen molar-refractivity contribution in [1.82, 2.24) is 14.8 Å². The van der Waals surface area contributed by atoms with Crippen molar-refractivity contribution >= 4 is 23.2 Å². The van der Waals surface area contributed by atoms with Crippen LogP contribution >= 0.6 is 11.6 Å². The van der Waals surface area contributed by atoms with Crippen molar-refractivity contribution in [2.75, 3.05) is 26.2 Å². The highest BCUT2D eigenvalue weighted by atomic mass is 35.5. The van der Waals surface area contributed by atoms with Crippen LogP contribution in [0.5, 0.6) is 5.75 Å². The number of aromatic nitrogens is 1. The van der Waals surface area contributed by atoms with Crippen molar-refractivity contribution in [3.8, 4) is 5.75 Å². The van der Waals surface area contributed by atoms with Crippen molar-refractivity contribution in [1.29, 1.82) is 0 Å². The number of nitro groups is 1. The van der Waals surface area contributed by atoms with Crippen LogP contribution in [-0.2, 0) is 13.2 Å². The highest BCUT2D eigenvalue weighted by molar-refractivity contribution is 6.32. The number of piperazine rings is 1. The Kier molecular flexibility index (Phi) is 7.16. The minimum Gasteiger partial charge on any atom is -0.487 e. The fourth-order valence-electron chi connectivity index (χ4n) is 3.67. The van der Waals surface area contributed by atoms with Gasteiger partial charge in [0.2, 0.25) is 0 Å². The average Bonchev–Trinajstić information content (AvgIpc) is 2.84. The zero-order chi connectivity index (χ0) is 23.2. The Morgan fingerprint density at radius 1 is 1.06 bits per heavy atom. The summed E-state index contributed by atoms with van der Waals surface area (Å²) in [5, 5.41) is 11.0. The number of benzene rings is 2. The van der Waals surface area contributed by atoms with Crippen molar-refractivity contribution in [3.05, 3.63) is 98.8 Å². The quantitative estimate of drug-likeness (QED) is 0.383. The highest BCUT2D eigenvalue weighted by Crippen LogP contribution is 2.29. The van der Waals surface area contributed by atoms with Crippen LogP contribution in [0.15, 0.2) is 67.0 Å². The van der Waals surface area contributed by atoms with Crippen LogP contribution < -0.4 is 4.74 Å². The smallest absolute Gasteiger partial charge is 0.271 e. The molecule has 1 aliphatic rings. The lowest BCUT2D eigenvalue weighted by Gasteiger charge is -2.34. The molecule has 170 valence electrons. The summed E-state index contributed by atoms with van der Waals surface area (Å²) in [6.07, 6.45) is 3.64. The first-order valence-electron chi connectivity index (χ1n) is 10.6. The SMILES string of the molecule is O=C(c1ccc(COc2ccc([N+](=O)[O-])cc2Cl)cc1)N1CCN(Cc2cccnc2)CC1. The van der Waals surface area contributed by atoms with Gasteiger partial charge in [0, 0.05) is 62.8 Å². The Labute approximate surface area is 196 Å². The van der Waals surface area contributed by atoms with E-state index in [-0.39, 0.29) is 23.2 Å². The highest BCUT2D eigenvalue weighted by Gasteiger charge is 2.22. The minimum absolute atomic E-state index is 0.0157. The molecule has 9 heteroatoms. The van der Waals surface area contributed by atoms with Crippen molar-refractivity contribution in [3.63, 3.8) is 0 Å². The summed E-state index contributed by atoms with van der Waals surface area (Å²) in [6, 6.07) is 15.3. The summed E-state index contributed by atoms with van der Waals surface area (Å²) in [4.78, 5) is 31.5. The third-order valence-corrected chi connectivity index (χ3v) is 5.81. The molecule has 0 saturated carbocycles. The first kappa shape index (κ1) is 22.7. The van der Waals surface area contributed by atoms with Crippen LogP contribution in [0.4, 0.5) is 5.69 Å². The van der Waals surface area contributed by atoms with Gasteiger partial charge in [0.1, 0.15) is 12.4 Å². The van der Waals surface area contributed by atoms with Gasteiger partial charge in [-0.25, -0.2) is 0 Å². The average molecular weight is 467 g/mol. The molecule has 0 aliphatic carbocycles. The molecule has 0 unspecified atom stereocenters. The number of ether oxygens (including phenoxy) is 1. The monoisotopic (exact) mass is 466 g/mol. The zero-order valence-electron chi connectivity index (χ0n) is 17.9. The summed E-state index contributed by atoms with van der Waals surface area (Å²) >= 11 is 6.06. The molecule has 1 aliphatic heterocycles. The number of halogens is 1. The lowest BCUT2D eigenvalue weighted by Crippen LogP contribution is -2.48. The number of carbonyl (C=O) groups is 1. The van der Waals surface area contributed by atoms with Crippen LogP contribution in [0.3, 0.4) is 0 Å². The molecular formula is C24H23ClN4O4. The van der Waals surface area contributed by atoms with Gasteiger partial charge in [-0.2, -0.15) is 0 Å². The van der Waals surface area contributed by atoms with Crippen LogP contribution in [0.1, 0.15) is 21.5 Å². The summed E-state index contributed by atoms with van der Waals surface area (Å²) < 4.78 is 5.68. The fourth-order valence-corrected chi connectivity index (χ4v) is 3.90. The van der Waals surface area contributed by atoms with Crippen LogP contribution in [0, 0.1) is 10.1 Å². The predicted molar refractivity (Wildman–Crippen MR) is 124 cm³/mol. The molecule has 0 bridgehead atoms. The number of hydrogen-bond donors (Lipinski definition) is 0. The number of amides is 1. The first-order valence-corrected chi connectivity index (χ1v) is 10.9. The Hall–Kier alpha value is -3.49. The van der Waals surface area contributed by atoms with Crippen molar-refractivity contribution in [2.24, 2.45) is 0 Å². The van der Waals surface area contributed by atoms with Crippen molar-refractivity contribution in [2.45, 2.75) is 13.2 Å². The number of non-ortho nitro benzene ring substituents is 1. The van der Waals surface area contributed by atoms with Crippen LogP contribution in [-0.4, -0.2) is 51.8 Å². The van der Waals surface area contributed by atoms with Gasteiger partial charge in [-0.3, -0.25) is 24.8 Å². The van der Waals surface area contributed by atoms with E-state index in [1.54, 1.807) is 18.3 Å².